The number of sulfonamides is 1. The lowest BCUT2D eigenvalue weighted by Crippen LogP contribution is -2.33. The topological polar surface area (TPSA) is 71.4 Å². The van der Waals surface area contributed by atoms with Crippen LogP contribution in [-0.4, -0.2) is 42.3 Å². The molecule has 2 heterocycles. The van der Waals surface area contributed by atoms with Gasteiger partial charge in [0.25, 0.3) is 0 Å². The Kier molecular flexibility index (Phi) is 5.67. The first-order valence-electron chi connectivity index (χ1n) is 9.26. The molecule has 1 aromatic carbocycles. The summed E-state index contributed by atoms with van der Waals surface area (Å²) >= 11 is 0. The predicted octanol–water partition coefficient (Wildman–Crippen LogP) is 2.73. The van der Waals surface area contributed by atoms with Gasteiger partial charge in [0.05, 0.1) is 4.90 Å². The molecule has 0 radical (unpaired) electrons. The lowest BCUT2D eigenvalue weighted by Gasteiger charge is -2.20. The Balaban J connectivity index is 1.85. The van der Waals surface area contributed by atoms with E-state index in [1.807, 2.05) is 30.7 Å². The van der Waals surface area contributed by atoms with E-state index in [1.165, 1.54) is 0 Å². The zero-order chi connectivity index (χ0) is 18.7. The van der Waals surface area contributed by atoms with Gasteiger partial charge in [-0.1, -0.05) is 12.8 Å². The number of hydrogen-bond acceptors (Lipinski definition) is 3. The van der Waals surface area contributed by atoms with Crippen LogP contribution in [0.4, 0.5) is 0 Å². The van der Waals surface area contributed by atoms with Gasteiger partial charge < -0.3 is 9.88 Å². The molecule has 6 nitrogen and oxygen atoms in total. The Labute approximate surface area is 155 Å². The normalized spacial score (nSPS) is 16.7. The fourth-order valence-corrected chi connectivity index (χ4v) is 4.98. The quantitative estimate of drug-likeness (QED) is 0.871. The Hall–Kier alpha value is -1.86. The average Bonchev–Trinajstić information content (AvgIpc) is 2.80. The van der Waals surface area contributed by atoms with Crippen molar-refractivity contribution in [2.75, 3.05) is 13.1 Å². The first kappa shape index (κ1) is 18.9. The molecule has 1 fully saturated rings. The zero-order valence-electron chi connectivity index (χ0n) is 15.4. The molecule has 1 N–H and O–H groups in total. The van der Waals surface area contributed by atoms with Gasteiger partial charge in [-0.3, -0.25) is 4.79 Å². The van der Waals surface area contributed by atoms with Gasteiger partial charge in [0.1, 0.15) is 6.54 Å². The van der Waals surface area contributed by atoms with Crippen LogP contribution >= 0.6 is 0 Å². The first-order valence-corrected chi connectivity index (χ1v) is 10.7. The molecule has 1 aliphatic heterocycles. The molecule has 1 aromatic heterocycles. The number of nitrogens with one attached hydrogen (secondary N) is 1. The van der Waals surface area contributed by atoms with Crippen LogP contribution in [0.1, 0.15) is 39.5 Å². The van der Waals surface area contributed by atoms with Crippen LogP contribution in [0.25, 0.3) is 10.9 Å². The van der Waals surface area contributed by atoms with Crippen LogP contribution < -0.4 is 5.32 Å². The van der Waals surface area contributed by atoms with E-state index in [9.17, 15) is 13.2 Å². The van der Waals surface area contributed by atoms with E-state index in [-0.39, 0.29) is 18.5 Å². The lowest BCUT2D eigenvalue weighted by atomic mass is 10.2. The van der Waals surface area contributed by atoms with E-state index in [2.05, 4.69) is 5.32 Å². The molecule has 0 aliphatic carbocycles. The number of rotatable bonds is 5. The minimum absolute atomic E-state index is 0.0567. The Morgan fingerprint density at radius 2 is 1.81 bits per heavy atom. The number of carbonyl (C=O) groups is 1. The van der Waals surface area contributed by atoms with E-state index in [0.717, 1.165) is 36.6 Å². The number of hydrogen-bond donors (Lipinski definition) is 1. The molecule has 0 saturated carbocycles. The standard InChI is InChI=1S/C19H27N3O3S/c1-15(2)20-19(23)14-21-12-9-16-13-17(7-8-18(16)21)26(24,25)22-10-5-3-4-6-11-22/h7-9,12-13,15H,3-6,10-11,14H2,1-2H3,(H,20,23). The second-order valence-corrected chi connectivity index (χ2v) is 9.14. The fourth-order valence-electron chi connectivity index (χ4n) is 3.43. The maximum atomic E-state index is 12.9. The molecule has 1 saturated heterocycles. The van der Waals surface area contributed by atoms with Crippen molar-refractivity contribution in [2.45, 2.75) is 57.0 Å². The highest BCUT2D eigenvalue weighted by Gasteiger charge is 2.25. The van der Waals surface area contributed by atoms with Crippen molar-refractivity contribution in [3.8, 4) is 0 Å². The molecule has 1 amide bonds. The van der Waals surface area contributed by atoms with Gasteiger partial charge in [0, 0.05) is 36.2 Å². The van der Waals surface area contributed by atoms with Gasteiger partial charge in [0.2, 0.25) is 15.9 Å². The summed E-state index contributed by atoms with van der Waals surface area (Å²) in [6.45, 7) is 5.25. The fraction of sp³-hybridized carbons (Fsp3) is 0.526. The van der Waals surface area contributed by atoms with Crippen LogP contribution in [0, 0.1) is 0 Å². The molecule has 2 aromatic rings. The molecule has 3 rings (SSSR count). The van der Waals surface area contributed by atoms with Crippen molar-refractivity contribution in [3.05, 3.63) is 30.5 Å². The molecular formula is C19H27N3O3S. The molecule has 1 aliphatic rings. The van der Waals surface area contributed by atoms with Gasteiger partial charge in [-0.2, -0.15) is 4.31 Å². The first-order chi connectivity index (χ1) is 12.4. The third kappa shape index (κ3) is 4.10. The summed E-state index contributed by atoms with van der Waals surface area (Å²) < 4.78 is 29.3. The second-order valence-electron chi connectivity index (χ2n) is 7.20. The molecule has 0 spiro atoms. The van der Waals surface area contributed by atoms with Crippen molar-refractivity contribution in [1.29, 1.82) is 0 Å². The highest BCUT2D eigenvalue weighted by Crippen LogP contribution is 2.24. The predicted molar refractivity (Wildman–Crippen MR) is 102 cm³/mol. The smallest absolute Gasteiger partial charge is 0.243 e. The van der Waals surface area contributed by atoms with Gasteiger partial charge in [-0.15, -0.1) is 0 Å². The minimum atomic E-state index is -3.46. The van der Waals surface area contributed by atoms with Gasteiger partial charge in [-0.05, 0) is 51.0 Å². The van der Waals surface area contributed by atoms with Gasteiger partial charge in [-0.25, -0.2) is 8.42 Å². The molecule has 0 bridgehead atoms. The van der Waals surface area contributed by atoms with Crippen molar-refractivity contribution in [3.63, 3.8) is 0 Å². The number of benzene rings is 1. The van der Waals surface area contributed by atoms with Crippen LogP contribution in [0.15, 0.2) is 35.4 Å². The van der Waals surface area contributed by atoms with Crippen LogP contribution in [-0.2, 0) is 21.4 Å². The monoisotopic (exact) mass is 377 g/mol. The summed E-state index contributed by atoms with van der Waals surface area (Å²) in [4.78, 5) is 12.3. The average molecular weight is 378 g/mol. The summed E-state index contributed by atoms with van der Waals surface area (Å²) in [6.07, 6.45) is 5.84. The highest BCUT2D eigenvalue weighted by atomic mass is 32.2. The molecule has 26 heavy (non-hydrogen) atoms. The molecule has 0 atom stereocenters. The third-order valence-electron chi connectivity index (χ3n) is 4.71. The highest BCUT2D eigenvalue weighted by molar-refractivity contribution is 7.89. The zero-order valence-corrected chi connectivity index (χ0v) is 16.3. The SMILES string of the molecule is CC(C)NC(=O)Cn1ccc2cc(S(=O)(=O)N3CCCCCC3)ccc21. The molecule has 0 unspecified atom stereocenters. The van der Waals surface area contributed by atoms with Crippen LogP contribution in [0.3, 0.4) is 0 Å². The van der Waals surface area contributed by atoms with Crippen LogP contribution in [0.2, 0.25) is 0 Å². The largest absolute Gasteiger partial charge is 0.352 e. The van der Waals surface area contributed by atoms with Crippen molar-refractivity contribution < 1.29 is 13.2 Å². The number of aromatic nitrogens is 1. The number of carbonyl (C=O) groups excluding carboxylic acids is 1. The maximum Gasteiger partial charge on any atom is 0.243 e. The Morgan fingerprint density at radius 1 is 1.12 bits per heavy atom. The number of nitrogens with zero attached hydrogens (tertiary/aromatic N) is 2. The van der Waals surface area contributed by atoms with Crippen LogP contribution in [0.5, 0.6) is 0 Å². The Bertz CT molecular complexity index is 879. The maximum absolute atomic E-state index is 12.9. The molecule has 7 heteroatoms. The summed E-state index contributed by atoms with van der Waals surface area (Å²) in [5, 5.41) is 3.70. The number of fused-ring (bicyclic) bond motifs is 1. The van der Waals surface area contributed by atoms with Crippen molar-refractivity contribution in [1.82, 2.24) is 14.2 Å². The summed E-state index contributed by atoms with van der Waals surface area (Å²) in [7, 11) is -3.46. The summed E-state index contributed by atoms with van der Waals surface area (Å²) in [5.74, 6) is -0.0567. The summed E-state index contributed by atoms with van der Waals surface area (Å²) in [6, 6.07) is 7.11. The van der Waals surface area contributed by atoms with Gasteiger partial charge >= 0.3 is 0 Å². The van der Waals surface area contributed by atoms with E-state index in [0.29, 0.717) is 18.0 Å². The molecular weight excluding hydrogens is 350 g/mol. The van der Waals surface area contributed by atoms with E-state index >= 15 is 0 Å². The van der Waals surface area contributed by atoms with E-state index in [1.54, 1.807) is 22.5 Å². The Morgan fingerprint density at radius 3 is 2.46 bits per heavy atom. The van der Waals surface area contributed by atoms with Gasteiger partial charge in [0.15, 0.2) is 0 Å². The lowest BCUT2D eigenvalue weighted by molar-refractivity contribution is -0.122. The number of amides is 1. The van der Waals surface area contributed by atoms with E-state index < -0.39 is 10.0 Å². The molecule has 142 valence electrons. The van der Waals surface area contributed by atoms with Crippen molar-refractivity contribution >= 4 is 26.8 Å². The minimum Gasteiger partial charge on any atom is -0.352 e. The summed E-state index contributed by atoms with van der Waals surface area (Å²) in [5.41, 5.74) is 0.860. The third-order valence-corrected chi connectivity index (χ3v) is 6.60. The second kappa shape index (κ2) is 7.80. The van der Waals surface area contributed by atoms with E-state index in [4.69, 9.17) is 0 Å². The van der Waals surface area contributed by atoms with Crippen molar-refractivity contribution in [2.24, 2.45) is 0 Å².